The van der Waals surface area contributed by atoms with E-state index in [9.17, 15) is 4.79 Å². The van der Waals surface area contributed by atoms with Gasteiger partial charge in [0.15, 0.2) is 0 Å². The second-order valence-electron chi connectivity index (χ2n) is 10.0. The van der Waals surface area contributed by atoms with Gasteiger partial charge in [0.25, 0.3) is 0 Å². The fourth-order valence-electron chi connectivity index (χ4n) is 4.29. The number of rotatable bonds is 5. The first kappa shape index (κ1) is 24.0. The van der Waals surface area contributed by atoms with Crippen LogP contribution in [0.15, 0.2) is 72.8 Å². The van der Waals surface area contributed by atoms with Gasteiger partial charge in [-0.2, -0.15) is 5.10 Å². The minimum atomic E-state index is -0.322. The summed E-state index contributed by atoms with van der Waals surface area (Å²) in [4.78, 5) is 16.2. The lowest BCUT2D eigenvalue weighted by Gasteiger charge is -2.18. The molecule has 4 aromatic rings. The third kappa shape index (κ3) is 5.10. The monoisotopic (exact) mass is 498 g/mol. The summed E-state index contributed by atoms with van der Waals surface area (Å²) in [6, 6.07) is 23.6. The highest BCUT2D eigenvalue weighted by atomic mass is 32.1. The van der Waals surface area contributed by atoms with Crippen molar-refractivity contribution in [1.29, 1.82) is 0 Å². The third-order valence-electron chi connectivity index (χ3n) is 6.22. The lowest BCUT2D eigenvalue weighted by atomic mass is 9.92. The molecule has 0 saturated carbocycles. The van der Waals surface area contributed by atoms with E-state index in [-0.39, 0.29) is 11.4 Å². The highest BCUT2D eigenvalue weighted by Crippen LogP contribution is 2.28. The molecule has 1 aliphatic heterocycles. The summed E-state index contributed by atoms with van der Waals surface area (Å²) in [5, 5.41) is 16.2. The number of amides is 2. The largest absolute Gasteiger partial charge is 0.348 e. The Kier molecular flexibility index (Phi) is 6.47. The van der Waals surface area contributed by atoms with Crippen LogP contribution in [-0.4, -0.2) is 38.9 Å². The van der Waals surface area contributed by atoms with E-state index in [1.165, 1.54) is 0 Å². The van der Waals surface area contributed by atoms with Crippen molar-refractivity contribution in [3.05, 3.63) is 84.1 Å². The zero-order valence-electron chi connectivity index (χ0n) is 20.7. The highest BCUT2D eigenvalue weighted by molar-refractivity contribution is 7.80. The first-order valence-corrected chi connectivity index (χ1v) is 12.4. The smallest absolute Gasteiger partial charge is 0.324 e. The number of carbonyl (C=O) groups is 1. The molecule has 0 atom stereocenters. The van der Waals surface area contributed by atoms with Crippen molar-refractivity contribution < 1.29 is 4.79 Å². The summed E-state index contributed by atoms with van der Waals surface area (Å²) >= 11 is 5.45. The number of carbonyl (C=O) groups excluding carboxylic acids is 1. The van der Waals surface area contributed by atoms with Crippen LogP contribution in [0.1, 0.15) is 32.0 Å². The van der Waals surface area contributed by atoms with Gasteiger partial charge in [-0.15, -0.1) is 0 Å². The van der Waals surface area contributed by atoms with E-state index in [0.717, 1.165) is 58.2 Å². The van der Waals surface area contributed by atoms with Crippen LogP contribution in [0.4, 0.5) is 16.3 Å². The second kappa shape index (κ2) is 9.72. The van der Waals surface area contributed by atoms with Gasteiger partial charge in [-0.05, 0) is 29.1 Å². The van der Waals surface area contributed by atoms with Gasteiger partial charge < -0.3 is 10.2 Å². The molecular weight excluding hydrogens is 468 g/mol. The van der Waals surface area contributed by atoms with Crippen molar-refractivity contribution in [2.24, 2.45) is 0 Å². The Hall–Kier alpha value is -3.75. The van der Waals surface area contributed by atoms with E-state index in [1.807, 2.05) is 60.7 Å². The van der Waals surface area contributed by atoms with Gasteiger partial charge in [0.1, 0.15) is 5.82 Å². The van der Waals surface area contributed by atoms with E-state index in [0.29, 0.717) is 5.82 Å². The van der Waals surface area contributed by atoms with Crippen LogP contribution in [0.5, 0.6) is 0 Å². The van der Waals surface area contributed by atoms with Crippen LogP contribution in [0, 0.1) is 0 Å². The Morgan fingerprint density at radius 1 is 1.03 bits per heavy atom. The first-order chi connectivity index (χ1) is 17.3. The van der Waals surface area contributed by atoms with Crippen molar-refractivity contribution >= 4 is 45.5 Å². The number of urea groups is 1. The Balaban J connectivity index is 1.43. The maximum Gasteiger partial charge on any atom is 0.324 e. The van der Waals surface area contributed by atoms with Crippen LogP contribution in [0.2, 0.25) is 0 Å². The summed E-state index contributed by atoms with van der Waals surface area (Å²) in [5.41, 5.74) is 3.46. The Morgan fingerprint density at radius 2 is 1.81 bits per heavy atom. The van der Waals surface area contributed by atoms with Crippen LogP contribution >= 0.6 is 12.2 Å². The van der Waals surface area contributed by atoms with Gasteiger partial charge in [-0.3, -0.25) is 10.6 Å². The molecule has 0 unspecified atom stereocenters. The number of fused-ring (bicyclic) bond motifs is 1. The van der Waals surface area contributed by atoms with E-state index in [2.05, 4.69) is 53.8 Å². The van der Waals surface area contributed by atoms with Gasteiger partial charge in [0, 0.05) is 30.0 Å². The number of hydrogen-bond donors (Lipinski definition) is 3. The maximum absolute atomic E-state index is 13.1. The number of benzene rings is 3. The van der Waals surface area contributed by atoms with Crippen molar-refractivity contribution in [2.45, 2.75) is 32.7 Å². The lowest BCUT2D eigenvalue weighted by molar-refractivity contribution is 0.262. The number of nitrogens with one attached hydrogen (secondary N) is 3. The van der Waals surface area contributed by atoms with E-state index in [4.69, 9.17) is 17.3 Å². The molecule has 1 fully saturated rings. The molecule has 1 aromatic heterocycles. The molecule has 0 bridgehead atoms. The van der Waals surface area contributed by atoms with Crippen molar-refractivity contribution in [3.63, 3.8) is 0 Å². The number of aromatic nitrogens is 2. The fraction of sp³-hybridized carbons (Fsp3) is 0.250. The summed E-state index contributed by atoms with van der Waals surface area (Å²) in [5.74, 6) is 0.605. The predicted octanol–water partition coefficient (Wildman–Crippen LogP) is 5.66. The normalized spacial score (nSPS) is 13.9. The van der Waals surface area contributed by atoms with Crippen LogP contribution in [-0.2, 0) is 12.0 Å². The topological polar surface area (TPSA) is 74.2 Å². The number of hydrogen-bond acceptors (Lipinski definition) is 4. The van der Waals surface area contributed by atoms with E-state index in [1.54, 1.807) is 4.68 Å². The molecule has 36 heavy (non-hydrogen) atoms. The van der Waals surface area contributed by atoms with E-state index < -0.39 is 0 Å². The first-order valence-electron chi connectivity index (χ1n) is 12.0. The average molecular weight is 499 g/mol. The number of thiocarbonyl (C=S) groups is 1. The molecule has 1 saturated heterocycles. The highest BCUT2D eigenvalue weighted by Gasteiger charge is 2.22. The van der Waals surface area contributed by atoms with Crippen LogP contribution in [0.3, 0.4) is 0 Å². The quantitative estimate of drug-likeness (QED) is 0.310. The number of anilines is 2. The van der Waals surface area contributed by atoms with Crippen LogP contribution < -0.4 is 16.0 Å². The molecule has 2 heterocycles. The van der Waals surface area contributed by atoms with Gasteiger partial charge >= 0.3 is 6.03 Å². The average Bonchev–Trinajstić information content (AvgIpc) is 3.46. The minimum Gasteiger partial charge on any atom is -0.348 e. The zero-order chi connectivity index (χ0) is 25.3. The molecule has 2 amide bonds. The molecule has 0 spiro atoms. The fourth-order valence-corrected chi connectivity index (χ4v) is 4.52. The molecule has 1 aliphatic rings. The SMILES string of the molecule is CC(C)(C)c1cc(NC(=O)Nc2cccc3ccccc23)n(-c2cccc(CN3CNCC3=S)c2)n1. The third-order valence-corrected chi connectivity index (χ3v) is 6.62. The van der Waals surface area contributed by atoms with Gasteiger partial charge in [0.05, 0.1) is 28.7 Å². The molecule has 3 aromatic carbocycles. The summed E-state index contributed by atoms with van der Waals surface area (Å²) in [6.07, 6.45) is 0. The predicted molar refractivity (Wildman–Crippen MR) is 150 cm³/mol. The van der Waals surface area contributed by atoms with Crippen molar-refractivity contribution in [2.75, 3.05) is 23.8 Å². The van der Waals surface area contributed by atoms with Gasteiger partial charge in [-0.25, -0.2) is 9.48 Å². The Morgan fingerprint density at radius 3 is 2.58 bits per heavy atom. The van der Waals surface area contributed by atoms with Crippen molar-refractivity contribution in [3.8, 4) is 5.69 Å². The molecule has 8 heteroatoms. The Labute approximate surface area is 216 Å². The van der Waals surface area contributed by atoms with Crippen molar-refractivity contribution in [1.82, 2.24) is 20.0 Å². The molecule has 184 valence electrons. The summed E-state index contributed by atoms with van der Waals surface area (Å²) < 4.78 is 1.80. The molecular formula is C28H30N6OS. The lowest BCUT2D eigenvalue weighted by Crippen LogP contribution is -2.24. The molecule has 5 rings (SSSR count). The Bertz CT molecular complexity index is 1430. The second-order valence-corrected chi connectivity index (χ2v) is 10.5. The number of nitrogens with zero attached hydrogens (tertiary/aromatic N) is 3. The summed E-state index contributed by atoms with van der Waals surface area (Å²) in [6.45, 7) is 8.53. The molecule has 3 N–H and O–H groups in total. The standard InChI is InChI=1S/C28H30N6OS/c1-28(2,3)24-15-25(31-27(35)30-23-13-7-10-20-9-4-5-12-22(20)23)34(32-24)21-11-6-8-19(14-21)17-33-18-29-16-26(33)36/h4-15,29H,16-18H2,1-3H3,(H2,30,31,35). The van der Waals surface area contributed by atoms with E-state index >= 15 is 0 Å². The van der Waals surface area contributed by atoms with Gasteiger partial charge in [-0.1, -0.05) is 81.5 Å². The molecule has 7 nitrogen and oxygen atoms in total. The zero-order valence-corrected chi connectivity index (χ0v) is 21.5. The summed E-state index contributed by atoms with van der Waals surface area (Å²) in [7, 11) is 0. The van der Waals surface area contributed by atoms with Crippen LogP contribution in [0.25, 0.3) is 16.5 Å². The maximum atomic E-state index is 13.1. The molecule has 0 aliphatic carbocycles. The minimum absolute atomic E-state index is 0.182. The van der Waals surface area contributed by atoms with Gasteiger partial charge in [0.2, 0.25) is 0 Å². The molecule has 0 radical (unpaired) electrons.